The van der Waals surface area contributed by atoms with Crippen LogP contribution >= 0.6 is 0 Å². The van der Waals surface area contributed by atoms with Crippen LogP contribution in [0.5, 0.6) is 0 Å². The lowest BCUT2D eigenvalue weighted by Gasteiger charge is -2.36. The van der Waals surface area contributed by atoms with Gasteiger partial charge < -0.3 is 9.80 Å². The van der Waals surface area contributed by atoms with Crippen LogP contribution in [-0.2, 0) is 6.54 Å². The Morgan fingerprint density at radius 2 is 1.97 bits per heavy atom. The highest BCUT2D eigenvalue weighted by atomic mass is 16.2. The zero-order valence-corrected chi connectivity index (χ0v) is 18.9. The third-order valence-electron chi connectivity index (χ3n) is 5.75. The van der Waals surface area contributed by atoms with Gasteiger partial charge in [-0.15, -0.1) is 0 Å². The summed E-state index contributed by atoms with van der Waals surface area (Å²) in [5.74, 6) is 0.0678. The molecule has 3 rings (SSSR count). The molecule has 2 aromatic rings. The van der Waals surface area contributed by atoms with E-state index >= 15 is 0 Å². The van der Waals surface area contributed by atoms with E-state index in [2.05, 4.69) is 14.9 Å². The van der Waals surface area contributed by atoms with Gasteiger partial charge in [0.2, 0.25) is 0 Å². The second-order valence-electron chi connectivity index (χ2n) is 9.22. The molecule has 2 aromatic heterocycles. The Labute approximate surface area is 176 Å². The lowest BCUT2D eigenvalue weighted by molar-refractivity contribution is 0.0636. The zero-order valence-electron chi connectivity index (χ0n) is 18.9. The quantitative estimate of drug-likeness (QED) is 0.807. The smallest absolute Gasteiger partial charge is 0.330 e. The first-order valence-electron chi connectivity index (χ1n) is 10.7. The van der Waals surface area contributed by atoms with Gasteiger partial charge in [0.15, 0.2) is 5.65 Å². The van der Waals surface area contributed by atoms with Crippen LogP contribution < -0.4 is 11.2 Å². The number of aromatic nitrogens is 3. The van der Waals surface area contributed by atoms with Gasteiger partial charge in [-0.2, -0.15) is 0 Å². The molecule has 0 radical (unpaired) electrons. The average molecular weight is 416 g/mol. The number of amides is 1. The Bertz CT molecular complexity index is 1050. The Morgan fingerprint density at radius 1 is 1.27 bits per heavy atom. The highest BCUT2D eigenvalue weighted by Crippen LogP contribution is 2.23. The van der Waals surface area contributed by atoms with E-state index in [9.17, 15) is 14.4 Å². The first kappa shape index (κ1) is 22.2. The minimum Gasteiger partial charge on any atom is -0.337 e. The maximum atomic E-state index is 13.6. The van der Waals surface area contributed by atoms with Crippen molar-refractivity contribution in [1.82, 2.24) is 24.3 Å². The number of pyridine rings is 1. The monoisotopic (exact) mass is 415 g/mol. The molecular weight excluding hydrogens is 382 g/mol. The van der Waals surface area contributed by atoms with Crippen LogP contribution in [0.1, 0.15) is 62.5 Å². The molecule has 164 valence electrons. The summed E-state index contributed by atoms with van der Waals surface area (Å²) in [6, 6.07) is 2.02. The van der Waals surface area contributed by atoms with Gasteiger partial charge in [-0.25, -0.2) is 9.78 Å². The Kier molecular flexibility index (Phi) is 6.45. The fraction of sp³-hybridized carbons (Fsp3) is 0.636. The second kappa shape index (κ2) is 8.71. The van der Waals surface area contributed by atoms with Crippen LogP contribution in [0.3, 0.4) is 0 Å². The molecule has 1 saturated heterocycles. The molecule has 1 amide bonds. The summed E-state index contributed by atoms with van der Waals surface area (Å²) in [5, 5.41) is 0.205. The number of likely N-dealkylation sites (tertiary alicyclic amines) is 1. The summed E-state index contributed by atoms with van der Waals surface area (Å²) in [4.78, 5) is 49.9. The summed E-state index contributed by atoms with van der Waals surface area (Å²) in [7, 11) is 4.04. The molecular formula is C22H33N5O3. The molecule has 1 atom stereocenters. The second-order valence-corrected chi connectivity index (χ2v) is 9.22. The highest BCUT2D eigenvalue weighted by Gasteiger charge is 2.29. The number of H-pyrrole nitrogens is 1. The number of nitrogens with zero attached hydrogens (tertiary/aromatic N) is 4. The normalized spacial score (nSPS) is 17.5. The summed E-state index contributed by atoms with van der Waals surface area (Å²) >= 11 is 0. The van der Waals surface area contributed by atoms with Crippen LogP contribution in [0.25, 0.3) is 11.0 Å². The van der Waals surface area contributed by atoms with Crippen molar-refractivity contribution >= 4 is 16.9 Å². The number of piperidine rings is 1. The molecule has 0 aliphatic carbocycles. The van der Waals surface area contributed by atoms with E-state index in [4.69, 9.17) is 0 Å². The molecule has 1 aliphatic heterocycles. The third-order valence-corrected chi connectivity index (χ3v) is 5.75. The Balaban J connectivity index is 2.21. The minimum absolute atomic E-state index is 0.0544. The molecule has 1 unspecified atom stereocenters. The van der Waals surface area contributed by atoms with Gasteiger partial charge in [0, 0.05) is 31.4 Å². The van der Waals surface area contributed by atoms with Crippen molar-refractivity contribution in [2.24, 2.45) is 5.92 Å². The maximum absolute atomic E-state index is 13.6. The van der Waals surface area contributed by atoms with Crippen molar-refractivity contribution in [2.75, 3.05) is 27.2 Å². The standard InChI is InChI=1S/C22H33N5O3/c1-13(2)11-27-19-18(20(28)24-22(27)30)16(10-17(23-19)14(3)4)21(29)26-9-7-8-15(12-26)25(5)6/h10,13-15H,7-9,11-12H2,1-6H3,(H,24,28,30). The highest BCUT2D eigenvalue weighted by molar-refractivity contribution is 6.05. The number of hydrogen-bond donors (Lipinski definition) is 1. The van der Waals surface area contributed by atoms with E-state index in [-0.39, 0.29) is 29.2 Å². The van der Waals surface area contributed by atoms with E-state index in [1.165, 1.54) is 4.57 Å². The van der Waals surface area contributed by atoms with Crippen LogP contribution in [0.15, 0.2) is 15.7 Å². The van der Waals surface area contributed by atoms with E-state index < -0.39 is 11.2 Å². The molecule has 1 aliphatic rings. The number of carbonyl (C=O) groups excluding carboxylic acids is 1. The van der Waals surface area contributed by atoms with E-state index in [1.54, 1.807) is 6.07 Å². The molecule has 8 heteroatoms. The lowest BCUT2D eigenvalue weighted by atomic mass is 10.0. The first-order chi connectivity index (χ1) is 14.1. The van der Waals surface area contributed by atoms with Crippen molar-refractivity contribution < 1.29 is 4.79 Å². The number of fused-ring (bicyclic) bond motifs is 1. The minimum atomic E-state index is -0.553. The summed E-state index contributed by atoms with van der Waals surface area (Å²) in [6.07, 6.45) is 1.96. The van der Waals surface area contributed by atoms with Crippen molar-refractivity contribution in [2.45, 2.75) is 59.0 Å². The van der Waals surface area contributed by atoms with Gasteiger partial charge in [-0.1, -0.05) is 27.7 Å². The average Bonchev–Trinajstić information content (AvgIpc) is 2.69. The van der Waals surface area contributed by atoms with Crippen molar-refractivity contribution in [3.05, 3.63) is 38.2 Å². The summed E-state index contributed by atoms with van der Waals surface area (Å²) in [5.41, 5.74) is 0.297. The third kappa shape index (κ3) is 4.33. The van der Waals surface area contributed by atoms with E-state index in [0.717, 1.165) is 12.8 Å². The largest absolute Gasteiger partial charge is 0.337 e. The number of likely N-dealkylation sites (N-methyl/N-ethyl adjacent to an activating group) is 1. The fourth-order valence-corrected chi connectivity index (χ4v) is 4.02. The van der Waals surface area contributed by atoms with Crippen molar-refractivity contribution in [3.8, 4) is 0 Å². The number of carbonyl (C=O) groups is 1. The number of hydrogen-bond acceptors (Lipinski definition) is 5. The van der Waals surface area contributed by atoms with E-state index in [0.29, 0.717) is 36.5 Å². The SMILES string of the molecule is CC(C)Cn1c(=O)[nH]c(=O)c2c(C(=O)N3CCCC(N(C)C)C3)cc(C(C)C)nc21. The van der Waals surface area contributed by atoms with Gasteiger partial charge in [0.05, 0.1) is 10.9 Å². The molecule has 1 N–H and O–H groups in total. The van der Waals surface area contributed by atoms with Gasteiger partial charge in [-0.3, -0.25) is 19.1 Å². The lowest BCUT2D eigenvalue weighted by Crippen LogP contribution is -2.47. The van der Waals surface area contributed by atoms with Crippen molar-refractivity contribution in [3.63, 3.8) is 0 Å². The summed E-state index contributed by atoms with van der Waals surface area (Å²) in [6.45, 7) is 9.67. The molecule has 0 aromatic carbocycles. The first-order valence-corrected chi connectivity index (χ1v) is 10.7. The van der Waals surface area contributed by atoms with Crippen molar-refractivity contribution in [1.29, 1.82) is 0 Å². The van der Waals surface area contributed by atoms with Crippen LogP contribution in [0.4, 0.5) is 0 Å². The maximum Gasteiger partial charge on any atom is 0.330 e. The molecule has 30 heavy (non-hydrogen) atoms. The fourth-order valence-electron chi connectivity index (χ4n) is 4.02. The van der Waals surface area contributed by atoms with Crippen LogP contribution in [0, 0.1) is 5.92 Å². The predicted octanol–water partition coefficient (Wildman–Crippen LogP) is 2.03. The molecule has 3 heterocycles. The van der Waals surface area contributed by atoms with Gasteiger partial charge in [-0.05, 0) is 44.8 Å². The number of rotatable bonds is 5. The van der Waals surface area contributed by atoms with Gasteiger partial charge in [0.25, 0.3) is 11.5 Å². The van der Waals surface area contributed by atoms with Crippen LogP contribution in [0.2, 0.25) is 0 Å². The molecule has 0 spiro atoms. The van der Waals surface area contributed by atoms with Crippen LogP contribution in [-0.4, -0.2) is 63.5 Å². The summed E-state index contributed by atoms with van der Waals surface area (Å²) < 4.78 is 1.49. The predicted molar refractivity (Wildman–Crippen MR) is 118 cm³/mol. The molecule has 0 bridgehead atoms. The van der Waals surface area contributed by atoms with Gasteiger partial charge >= 0.3 is 5.69 Å². The van der Waals surface area contributed by atoms with E-state index in [1.807, 2.05) is 46.7 Å². The topological polar surface area (TPSA) is 91.3 Å². The molecule has 1 fully saturated rings. The molecule has 8 nitrogen and oxygen atoms in total. The number of aromatic amines is 1. The number of nitrogens with one attached hydrogen (secondary N) is 1. The Hall–Kier alpha value is -2.48. The van der Waals surface area contributed by atoms with Gasteiger partial charge in [0.1, 0.15) is 0 Å². The Morgan fingerprint density at radius 3 is 2.57 bits per heavy atom. The zero-order chi connectivity index (χ0) is 22.2. The molecule has 0 saturated carbocycles.